The van der Waals surface area contributed by atoms with Gasteiger partial charge in [-0.15, -0.1) is 0 Å². The Morgan fingerprint density at radius 3 is 2.87 bits per heavy atom. The maximum atomic E-state index is 5.89. The molecule has 0 bridgehead atoms. The first-order valence-corrected chi connectivity index (χ1v) is 5.43. The van der Waals surface area contributed by atoms with Crippen LogP contribution in [0.4, 0.5) is 5.69 Å². The molecule has 1 unspecified atom stereocenters. The van der Waals surface area contributed by atoms with Crippen molar-refractivity contribution in [3.8, 4) is 0 Å². The predicted octanol–water partition coefficient (Wildman–Crippen LogP) is 2.34. The number of nitrogens with zero attached hydrogens (tertiary/aromatic N) is 1. The van der Waals surface area contributed by atoms with Crippen LogP contribution in [-0.2, 0) is 0 Å². The van der Waals surface area contributed by atoms with Crippen molar-refractivity contribution in [3.05, 3.63) is 29.3 Å². The molecule has 1 aromatic rings. The highest BCUT2D eigenvalue weighted by molar-refractivity contribution is 6.30. The number of hydrogen-bond donors (Lipinski definition) is 2. The molecule has 0 saturated heterocycles. The Balaban J connectivity index is 2.40. The van der Waals surface area contributed by atoms with Gasteiger partial charge in [-0.25, -0.2) is 0 Å². The SMILES string of the molecule is CC(CCN(C)N)Nc1cccc(Cl)c1. The molecule has 0 spiro atoms. The number of hydrazine groups is 1. The second-order valence-corrected chi connectivity index (χ2v) is 4.26. The quantitative estimate of drug-likeness (QED) is 0.599. The Morgan fingerprint density at radius 1 is 1.53 bits per heavy atom. The normalized spacial score (nSPS) is 12.9. The maximum absolute atomic E-state index is 5.89. The van der Waals surface area contributed by atoms with Crippen molar-refractivity contribution in [2.75, 3.05) is 18.9 Å². The Kier molecular flexibility index (Phi) is 4.88. The molecule has 0 fully saturated rings. The molecular formula is C11H18ClN3. The first-order valence-electron chi connectivity index (χ1n) is 5.06. The van der Waals surface area contributed by atoms with Gasteiger partial charge in [-0.2, -0.15) is 0 Å². The van der Waals surface area contributed by atoms with E-state index in [1.54, 1.807) is 5.01 Å². The van der Waals surface area contributed by atoms with Gasteiger partial charge in [0.2, 0.25) is 0 Å². The van der Waals surface area contributed by atoms with E-state index in [9.17, 15) is 0 Å². The molecule has 0 aliphatic rings. The van der Waals surface area contributed by atoms with E-state index in [1.165, 1.54) is 0 Å². The molecular weight excluding hydrogens is 210 g/mol. The highest BCUT2D eigenvalue weighted by Crippen LogP contribution is 2.16. The molecule has 1 aromatic carbocycles. The van der Waals surface area contributed by atoms with E-state index in [0.717, 1.165) is 23.7 Å². The molecule has 0 radical (unpaired) electrons. The van der Waals surface area contributed by atoms with Gasteiger partial charge in [0.1, 0.15) is 0 Å². The Hall–Kier alpha value is -0.770. The summed E-state index contributed by atoms with van der Waals surface area (Å²) in [6.45, 7) is 3.00. The van der Waals surface area contributed by atoms with E-state index in [2.05, 4.69) is 12.2 Å². The van der Waals surface area contributed by atoms with Gasteiger partial charge in [0.25, 0.3) is 0 Å². The van der Waals surface area contributed by atoms with Crippen molar-refractivity contribution >= 4 is 17.3 Å². The molecule has 3 nitrogen and oxygen atoms in total. The van der Waals surface area contributed by atoms with Crippen molar-refractivity contribution in [1.82, 2.24) is 5.01 Å². The van der Waals surface area contributed by atoms with Crippen LogP contribution in [0.15, 0.2) is 24.3 Å². The molecule has 0 aliphatic carbocycles. The number of halogens is 1. The summed E-state index contributed by atoms with van der Waals surface area (Å²) in [5, 5.41) is 5.81. The van der Waals surface area contributed by atoms with Crippen molar-refractivity contribution in [2.24, 2.45) is 5.84 Å². The fourth-order valence-electron chi connectivity index (χ4n) is 1.33. The summed E-state index contributed by atoms with van der Waals surface area (Å²) in [6, 6.07) is 8.12. The second kappa shape index (κ2) is 5.95. The van der Waals surface area contributed by atoms with Crippen LogP contribution in [0.25, 0.3) is 0 Å². The topological polar surface area (TPSA) is 41.3 Å². The van der Waals surface area contributed by atoms with Gasteiger partial charge >= 0.3 is 0 Å². The van der Waals surface area contributed by atoms with E-state index in [-0.39, 0.29) is 0 Å². The molecule has 0 aliphatic heterocycles. The summed E-state index contributed by atoms with van der Waals surface area (Å²) < 4.78 is 0. The van der Waals surface area contributed by atoms with Gasteiger partial charge in [0.15, 0.2) is 0 Å². The van der Waals surface area contributed by atoms with Gasteiger partial charge in [0.05, 0.1) is 0 Å². The zero-order valence-electron chi connectivity index (χ0n) is 9.20. The van der Waals surface area contributed by atoms with Gasteiger partial charge in [-0.1, -0.05) is 17.7 Å². The van der Waals surface area contributed by atoms with E-state index in [4.69, 9.17) is 17.4 Å². The minimum absolute atomic E-state index is 0.384. The van der Waals surface area contributed by atoms with Crippen LogP contribution in [-0.4, -0.2) is 24.6 Å². The van der Waals surface area contributed by atoms with Gasteiger partial charge < -0.3 is 5.32 Å². The van der Waals surface area contributed by atoms with Crippen LogP contribution >= 0.6 is 11.6 Å². The third-order valence-corrected chi connectivity index (χ3v) is 2.39. The second-order valence-electron chi connectivity index (χ2n) is 3.83. The van der Waals surface area contributed by atoms with Crippen molar-refractivity contribution in [1.29, 1.82) is 0 Å². The fraction of sp³-hybridized carbons (Fsp3) is 0.455. The molecule has 0 saturated carbocycles. The van der Waals surface area contributed by atoms with Crippen LogP contribution in [0.5, 0.6) is 0 Å². The van der Waals surface area contributed by atoms with Crippen LogP contribution < -0.4 is 11.2 Å². The van der Waals surface area contributed by atoms with Crippen molar-refractivity contribution < 1.29 is 0 Å². The monoisotopic (exact) mass is 227 g/mol. The Labute approximate surface area is 96.2 Å². The van der Waals surface area contributed by atoms with E-state index in [0.29, 0.717) is 6.04 Å². The standard InChI is InChI=1S/C11H18ClN3/c1-9(6-7-15(2)13)14-11-5-3-4-10(12)8-11/h3-5,8-9,14H,6-7,13H2,1-2H3. The lowest BCUT2D eigenvalue weighted by atomic mass is 10.2. The lowest BCUT2D eigenvalue weighted by Crippen LogP contribution is -2.30. The number of hydrogen-bond acceptors (Lipinski definition) is 3. The molecule has 0 amide bonds. The van der Waals surface area contributed by atoms with E-state index < -0.39 is 0 Å². The smallest absolute Gasteiger partial charge is 0.0426 e. The van der Waals surface area contributed by atoms with Gasteiger partial charge in [-0.3, -0.25) is 10.9 Å². The minimum atomic E-state index is 0.384. The Bertz CT molecular complexity index is 302. The molecule has 0 aromatic heterocycles. The molecule has 0 heterocycles. The van der Waals surface area contributed by atoms with E-state index in [1.807, 2.05) is 31.3 Å². The van der Waals surface area contributed by atoms with Crippen molar-refractivity contribution in [2.45, 2.75) is 19.4 Å². The van der Waals surface area contributed by atoms with Crippen LogP contribution in [0, 0.1) is 0 Å². The summed E-state index contributed by atoms with van der Waals surface area (Å²) in [6.07, 6.45) is 1.000. The minimum Gasteiger partial charge on any atom is -0.382 e. The lowest BCUT2D eigenvalue weighted by molar-refractivity contribution is 0.337. The summed E-state index contributed by atoms with van der Waals surface area (Å²) in [5.74, 6) is 5.54. The van der Waals surface area contributed by atoms with Gasteiger partial charge in [0, 0.05) is 30.3 Å². The number of anilines is 1. The summed E-state index contributed by atoms with van der Waals surface area (Å²) in [7, 11) is 1.87. The predicted molar refractivity (Wildman–Crippen MR) is 66.0 cm³/mol. The summed E-state index contributed by atoms with van der Waals surface area (Å²) >= 11 is 5.89. The summed E-state index contributed by atoms with van der Waals surface area (Å²) in [5.41, 5.74) is 1.05. The fourth-order valence-corrected chi connectivity index (χ4v) is 1.52. The molecule has 15 heavy (non-hydrogen) atoms. The molecule has 84 valence electrons. The molecule has 1 atom stereocenters. The van der Waals surface area contributed by atoms with Crippen LogP contribution in [0.2, 0.25) is 5.02 Å². The van der Waals surface area contributed by atoms with Crippen molar-refractivity contribution in [3.63, 3.8) is 0 Å². The van der Waals surface area contributed by atoms with Crippen LogP contribution in [0.3, 0.4) is 0 Å². The largest absolute Gasteiger partial charge is 0.382 e. The zero-order valence-corrected chi connectivity index (χ0v) is 9.96. The third-order valence-electron chi connectivity index (χ3n) is 2.15. The molecule has 3 N–H and O–H groups in total. The third kappa shape index (κ3) is 5.02. The average molecular weight is 228 g/mol. The summed E-state index contributed by atoms with van der Waals surface area (Å²) in [4.78, 5) is 0. The maximum Gasteiger partial charge on any atom is 0.0426 e. The highest BCUT2D eigenvalue weighted by Gasteiger charge is 2.02. The van der Waals surface area contributed by atoms with Crippen LogP contribution in [0.1, 0.15) is 13.3 Å². The lowest BCUT2D eigenvalue weighted by Gasteiger charge is -2.17. The number of rotatable bonds is 5. The number of nitrogens with two attached hydrogens (primary N) is 1. The Morgan fingerprint density at radius 2 is 2.27 bits per heavy atom. The van der Waals surface area contributed by atoms with E-state index >= 15 is 0 Å². The number of benzene rings is 1. The molecule has 4 heteroatoms. The first-order chi connectivity index (χ1) is 7.08. The number of nitrogens with one attached hydrogen (secondary N) is 1. The average Bonchev–Trinajstić information content (AvgIpc) is 2.15. The molecule has 1 rings (SSSR count). The first kappa shape index (κ1) is 12.3. The zero-order chi connectivity index (χ0) is 11.3. The van der Waals surface area contributed by atoms with Gasteiger partial charge in [-0.05, 0) is 31.5 Å². The highest BCUT2D eigenvalue weighted by atomic mass is 35.5.